The number of ether oxygens (including phenoxy) is 2. The van der Waals surface area contributed by atoms with E-state index in [2.05, 4.69) is 6.58 Å². The number of hydrogen-bond donors (Lipinski definition) is 2. The molecular weight excluding hydrogens is 583 g/mol. The summed E-state index contributed by atoms with van der Waals surface area (Å²) in [5, 5.41) is 9.65. The third-order valence-electron chi connectivity index (χ3n) is 8.59. The lowest BCUT2D eigenvalue weighted by molar-refractivity contribution is -0.132. The highest BCUT2D eigenvalue weighted by Gasteiger charge is 2.43. The van der Waals surface area contributed by atoms with Crippen molar-refractivity contribution in [3.63, 3.8) is 0 Å². The van der Waals surface area contributed by atoms with Crippen LogP contribution in [0.25, 0.3) is 5.57 Å². The number of rotatable bonds is 9. The number of amides is 1. The molecule has 1 amide bonds. The Morgan fingerprint density at radius 3 is 2.47 bits per heavy atom. The van der Waals surface area contributed by atoms with Gasteiger partial charge in [0.1, 0.15) is 12.4 Å². The summed E-state index contributed by atoms with van der Waals surface area (Å²) in [6.45, 7) is 5.16. The van der Waals surface area contributed by atoms with Crippen molar-refractivity contribution >= 4 is 42.7 Å². The molecule has 3 aliphatic heterocycles. The number of piperidine rings is 1. The zero-order chi connectivity index (χ0) is 30.5. The van der Waals surface area contributed by atoms with Gasteiger partial charge in [0.05, 0.1) is 41.2 Å². The maximum Gasteiger partial charge on any atom is 0.506 e. The fraction of sp³-hybridized carbons (Fsp3) is 0.400. The molecule has 1 unspecified atom stereocenters. The van der Waals surface area contributed by atoms with Crippen molar-refractivity contribution in [2.75, 3.05) is 53.7 Å². The van der Waals surface area contributed by atoms with Crippen LogP contribution in [0.4, 0.5) is 30.6 Å². The summed E-state index contributed by atoms with van der Waals surface area (Å²) in [5.74, 6) is -2.34. The number of halogens is 2. The van der Waals surface area contributed by atoms with Gasteiger partial charge in [-0.25, -0.2) is 18.4 Å². The number of benzene rings is 2. The van der Waals surface area contributed by atoms with Crippen LogP contribution < -0.4 is 19.4 Å². The van der Waals surface area contributed by atoms with Gasteiger partial charge in [-0.1, -0.05) is 6.58 Å². The first-order valence-electron chi connectivity index (χ1n) is 14.1. The molecule has 226 valence electrons. The van der Waals surface area contributed by atoms with Crippen LogP contribution in [0, 0.1) is 17.0 Å². The number of carboxylic acids is 1. The van der Waals surface area contributed by atoms with Gasteiger partial charge in [-0.3, -0.25) is 4.90 Å². The molecule has 0 bridgehead atoms. The predicted octanol–water partition coefficient (Wildman–Crippen LogP) is 5.29. The van der Waals surface area contributed by atoms with Crippen molar-refractivity contribution in [2.24, 2.45) is 5.41 Å². The van der Waals surface area contributed by atoms with Gasteiger partial charge >= 0.3 is 20.1 Å². The number of anilines is 3. The van der Waals surface area contributed by atoms with Crippen molar-refractivity contribution in [1.82, 2.24) is 0 Å². The fourth-order valence-corrected chi connectivity index (χ4v) is 6.99. The largest absolute Gasteiger partial charge is 0.506 e. The maximum atomic E-state index is 15.5. The highest BCUT2D eigenvalue weighted by atomic mass is 31.1. The van der Waals surface area contributed by atoms with Crippen molar-refractivity contribution in [1.29, 1.82) is 0 Å². The average Bonchev–Trinajstić information content (AvgIpc) is 3.72. The Kier molecular flexibility index (Phi) is 7.60. The van der Waals surface area contributed by atoms with E-state index in [0.29, 0.717) is 55.1 Å². The van der Waals surface area contributed by atoms with Gasteiger partial charge in [-0.05, 0) is 60.1 Å². The molecule has 43 heavy (non-hydrogen) atoms. The first kappa shape index (κ1) is 29.1. The monoisotopic (exact) mass is 614 g/mol. The summed E-state index contributed by atoms with van der Waals surface area (Å²) in [6.07, 6.45) is 3.57. The van der Waals surface area contributed by atoms with Gasteiger partial charge in [0.25, 0.3) is 0 Å². The number of nitrogens with zero attached hydrogens (tertiary/aromatic N) is 3. The Balaban J connectivity index is 1.18. The Bertz CT molecular complexity index is 1550. The zero-order valence-electron chi connectivity index (χ0n) is 23.3. The molecule has 1 atom stereocenters. The topological polar surface area (TPSA) is 120 Å². The van der Waals surface area contributed by atoms with Crippen LogP contribution in [0.15, 0.2) is 48.7 Å². The fourth-order valence-electron chi connectivity index (χ4n) is 6.01. The molecule has 1 saturated carbocycles. The van der Waals surface area contributed by atoms with Crippen molar-refractivity contribution in [3.8, 4) is 5.75 Å². The number of carboxylic acid groups (broad SMARTS) is 1. The molecule has 2 aromatic rings. The number of hydrogen-bond acceptors (Lipinski definition) is 7. The Morgan fingerprint density at radius 1 is 1.12 bits per heavy atom. The smallest absolute Gasteiger partial charge is 0.490 e. The van der Waals surface area contributed by atoms with E-state index in [9.17, 15) is 28.5 Å². The SMILES string of the molecule is C=C1C(C(=O)O)=CN(C2CC2)c2cc(N3CCC(COc4ccc(N5CCOC5=O)cc4F)(C[P+](=O)O)CC3)c(F)cc21. The minimum absolute atomic E-state index is 0.0186. The summed E-state index contributed by atoms with van der Waals surface area (Å²) in [4.78, 5) is 38.5. The lowest BCUT2D eigenvalue weighted by Gasteiger charge is -2.40. The average molecular weight is 615 g/mol. The van der Waals surface area contributed by atoms with Crippen LogP contribution in [0.2, 0.25) is 0 Å². The number of fused-ring (bicyclic) bond motifs is 1. The molecule has 3 fully saturated rings. The Morgan fingerprint density at radius 2 is 1.86 bits per heavy atom. The van der Waals surface area contributed by atoms with Crippen LogP contribution in [0.1, 0.15) is 31.2 Å². The predicted molar refractivity (Wildman–Crippen MR) is 156 cm³/mol. The standard InChI is InChI=1S/C30H30F2N3O7P/c1-18-21-13-23(31)26(14-25(21)35(19-2-3-19)15-22(18)28(36)37)33-8-6-30(7-9-33,17-43(39)40)16-42-27-5-4-20(12-24(27)32)34-10-11-41-29(34)38/h4-5,12-15,19H,1-3,6-11,16-17H2,(H-,36,37,39,40)/p+1. The van der Waals surface area contributed by atoms with E-state index in [-0.39, 0.29) is 42.3 Å². The van der Waals surface area contributed by atoms with E-state index in [1.807, 2.05) is 9.80 Å². The van der Waals surface area contributed by atoms with Gasteiger partial charge in [-0.15, -0.1) is 0 Å². The lowest BCUT2D eigenvalue weighted by atomic mass is 9.80. The molecule has 2 N–H and O–H groups in total. The summed E-state index contributed by atoms with van der Waals surface area (Å²) < 4.78 is 53.2. The van der Waals surface area contributed by atoms with Gasteiger partial charge in [0.2, 0.25) is 0 Å². The van der Waals surface area contributed by atoms with Crippen LogP contribution in [-0.4, -0.2) is 67.1 Å². The second-order valence-corrected chi connectivity index (χ2v) is 12.5. The zero-order valence-corrected chi connectivity index (χ0v) is 24.2. The number of aliphatic carboxylic acids is 1. The Labute approximate surface area is 247 Å². The molecule has 13 heteroatoms. The number of carbonyl (C=O) groups excluding carboxylic acids is 1. The number of carbonyl (C=O) groups is 2. The van der Waals surface area contributed by atoms with Gasteiger partial charge in [0, 0.05) is 37.0 Å². The highest BCUT2D eigenvalue weighted by molar-refractivity contribution is 7.38. The minimum Gasteiger partial charge on any atom is -0.490 e. The van der Waals surface area contributed by atoms with Crippen molar-refractivity contribution in [2.45, 2.75) is 31.7 Å². The second-order valence-electron chi connectivity index (χ2n) is 11.5. The Hall–Kier alpha value is -4.02. The normalized spacial score (nSPS) is 20.0. The molecule has 4 aliphatic rings. The molecule has 3 heterocycles. The molecule has 0 aromatic heterocycles. The second kappa shape index (κ2) is 11.2. The first-order chi connectivity index (χ1) is 20.5. The molecule has 0 spiro atoms. The van der Waals surface area contributed by atoms with Gasteiger partial charge in [-0.2, -0.15) is 4.89 Å². The molecule has 2 saturated heterocycles. The van der Waals surface area contributed by atoms with Crippen LogP contribution in [-0.2, 0) is 14.1 Å². The van der Waals surface area contributed by atoms with Crippen LogP contribution >= 0.6 is 8.03 Å². The summed E-state index contributed by atoms with van der Waals surface area (Å²) in [5.41, 5.74) is 1.40. The third kappa shape index (κ3) is 5.69. The summed E-state index contributed by atoms with van der Waals surface area (Å²) in [7, 11) is -2.52. The lowest BCUT2D eigenvalue weighted by Crippen LogP contribution is -2.45. The van der Waals surface area contributed by atoms with E-state index in [4.69, 9.17) is 9.47 Å². The quantitative estimate of drug-likeness (QED) is 0.364. The summed E-state index contributed by atoms with van der Waals surface area (Å²) in [6, 6.07) is 7.38. The maximum absolute atomic E-state index is 15.5. The molecule has 10 nitrogen and oxygen atoms in total. The number of cyclic esters (lactones) is 1. The first-order valence-corrected chi connectivity index (χ1v) is 15.5. The van der Waals surface area contributed by atoms with Crippen molar-refractivity contribution < 1.29 is 42.4 Å². The minimum atomic E-state index is -2.52. The van der Waals surface area contributed by atoms with E-state index in [1.165, 1.54) is 23.1 Å². The summed E-state index contributed by atoms with van der Waals surface area (Å²) >= 11 is 0. The van der Waals surface area contributed by atoms with Gasteiger partial charge < -0.3 is 24.4 Å². The van der Waals surface area contributed by atoms with Crippen LogP contribution in [0.5, 0.6) is 5.75 Å². The van der Waals surface area contributed by atoms with E-state index in [0.717, 1.165) is 12.8 Å². The molecule has 1 aliphatic carbocycles. The van der Waals surface area contributed by atoms with E-state index in [1.54, 1.807) is 18.3 Å². The third-order valence-corrected chi connectivity index (χ3v) is 9.53. The van der Waals surface area contributed by atoms with Crippen molar-refractivity contribution in [3.05, 3.63) is 65.9 Å². The van der Waals surface area contributed by atoms with Crippen LogP contribution in [0.3, 0.4) is 0 Å². The molecule has 0 radical (unpaired) electrons. The van der Waals surface area contributed by atoms with E-state index < -0.39 is 37.1 Å². The molecule has 2 aromatic carbocycles. The van der Waals surface area contributed by atoms with E-state index >= 15 is 4.39 Å². The molecular formula is C30H31F2N3O7P+. The van der Waals surface area contributed by atoms with Gasteiger partial charge in [0.15, 0.2) is 17.7 Å². The molecule has 6 rings (SSSR count). The highest BCUT2D eigenvalue weighted by Crippen LogP contribution is 2.46.